The Balaban J connectivity index is 2.08. The first-order chi connectivity index (χ1) is 19.6. The van der Waals surface area contributed by atoms with Crippen molar-refractivity contribution in [1.29, 1.82) is 0 Å². The highest BCUT2D eigenvalue weighted by molar-refractivity contribution is 7.80. The molecule has 2 aromatic rings. The fourth-order valence-corrected chi connectivity index (χ4v) is 4.41. The van der Waals surface area contributed by atoms with Gasteiger partial charge in [-0.05, 0) is 43.9 Å². The van der Waals surface area contributed by atoms with Crippen molar-refractivity contribution >= 4 is 53.2 Å². The van der Waals surface area contributed by atoms with Gasteiger partial charge in [-0.2, -0.15) is 12.6 Å². The fraction of sp³-hybridized carbons (Fsp3) is 0.500. The molecule has 1 heterocycles. The zero-order valence-electron chi connectivity index (χ0n) is 22.8. The Morgan fingerprint density at radius 2 is 1.59 bits per heavy atom. The van der Waals surface area contributed by atoms with Gasteiger partial charge in [0.25, 0.3) is 0 Å². The third-order valence-corrected chi connectivity index (χ3v) is 6.78. The van der Waals surface area contributed by atoms with Crippen LogP contribution in [0.1, 0.15) is 37.7 Å². The van der Waals surface area contributed by atoms with Crippen LogP contribution in [0.3, 0.4) is 0 Å². The second kappa shape index (κ2) is 17.1. The van der Waals surface area contributed by atoms with Gasteiger partial charge in [-0.15, -0.1) is 0 Å². The second-order valence-corrected chi connectivity index (χ2v) is 9.97. The van der Waals surface area contributed by atoms with E-state index in [2.05, 4.69) is 38.6 Å². The molecule has 226 valence electrons. The third-order valence-electron chi connectivity index (χ3n) is 6.41. The molecule has 0 aliphatic heterocycles. The van der Waals surface area contributed by atoms with Gasteiger partial charge >= 0.3 is 5.97 Å². The first kappa shape index (κ1) is 33.4. The quantitative estimate of drug-likeness (QED) is 0.0426. The number of amides is 3. The van der Waals surface area contributed by atoms with Gasteiger partial charge in [0.15, 0.2) is 5.96 Å². The number of nitrogens with zero attached hydrogens (tertiary/aromatic N) is 1. The van der Waals surface area contributed by atoms with E-state index in [1.807, 2.05) is 24.3 Å². The van der Waals surface area contributed by atoms with Gasteiger partial charge in [-0.3, -0.25) is 19.4 Å². The highest BCUT2D eigenvalue weighted by Gasteiger charge is 2.30. The Kier molecular flexibility index (Phi) is 13.9. The lowest BCUT2D eigenvalue weighted by atomic mass is 10.0. The number of benzene rings is 1. The minimum Gasteiger partial charge on any atom is -0.480 e. The molecule has 0 radical (unpaired) electrons. The number of rotatable bonds is 18. The van der Waals surface area contributed by atoms with Crippen molar-refractivity contribution in [1.82, 2.24) is 20.9 Å². The van der Waals surface area contributed by atoms with Crippen LogP contribution in [0.5, 0.6) is 0 Å². The van der Waals surface area contributed by atoms with E-state index in [0.29, 0.717) is 37.8 Å². The van der Waals surface area contributed by atoms with E-state index < -0.39 is 47.9 Å². The smallest absolute Gasteiger partial charge is 0.326 e. The Bertz CT molecular complexity index is 1200. The van der Waals surface area contributed by atoms with E-state index in [9.17, 15) is 24.3 Å². The summed E-state index contributed by atoms with van der Waals surface area (Å²) in [5, 5.41) is 18.3. The highest BCUT2D eigenvalue weighted by atomic mass is 32.1. The number of aromatic nitrogens is 1. The summed E-state index contributed by atoms with van der Waals surface area (Å²) in [6.07, 6.45) is 3.97. The van der Waals surface area contributed by atoms with Gasteiger partial charge in [0.1, 0.15) is 18.1 Å². The number of para-hydroxylation sites is 1. The summed E-state index contributed by atoms with van der Waals surface area (Å²) in [6, 6.07) is 3.07. The minimum atomic E-state index is -1.26. The molecule has 41 heavy (non-hydrogen) atoms. The lowest BCUT2D eigenvalue weighted by Gasteiger charge is -2.24. The van der Waals surface area contributed by atoms with Crippen molar-refractivity contribution in [2.75, 3.05) is 18.8 Å². The van der Waals surface area contributed by atoms with Crippen LogP contribution in [0, 0.1) is 0 Å². The molecule has 0 spiro atoms. The summed E-state index contributed by atoms with van der Waals surface area (Å²) in [7, 11) is 0. The number of carboxylic acids is 1. The summed E-state index contributed by atoms with van der Waals surface area (Å²) in [5.74, 6) is -3.38. The van der Waals surface area contributed by atoms with Crippen molar-refractivity contribution in [2.24, 2.45) is 27.9 Å². The predicted molar refractivity (Wildman–Crippen MR) is 160 cm³/mol. The molecule has 15 heteroatoms. The lowest BCUT2D eigenvalue weighted by Crippen LogP contribution is -2.57. The molecule has 0 aliphatic carbocycles. The average Bonchev–Trinajstić information content (AvgIpc) is 3.35. The van der Waals surface area contributed by atoms with Crippen molar-refractivity contribution in [3.05, 3.63) is 36.0 Å². The molecular weight excluding hydrogens is 550 g/mol. The van der Waals surface area contributed by atoms with Crippen LogP contribution in [-0.2, 0) is 25.6 Å². The van der Waals surface area contributed by atoms with Crippen molar-refractivity contribution in [2.45, 2.75) is 62.7 Å². The van der Waals surface area contributed by atoms with E-state index in [-0.39, 0.29) is 31.1 Å². The SMILES string of the molecule is NCCCCC(N)C(=O)NC(CCCN=C(N)N)C(=O)NC(CS)C(=O)NC(Cc1c[nH]c2ccccc12)C(=O)O. The number of carbonyl (C=O) groups excluding carboxylic acids is 3. The molecule has 3 amide bonds. The molecule has 1 aromatic carbocycles. The normalized spacial score (nSPS) is 13.9. The summed E-state index contributed by atoms with van der Waals surface area (Å²) in [4.78, 5) is 57.8. The Morgan fingerprint density at radius 3 is 2.24 bits per heavy atom. The number of nitrogens with two attached hydrogens (primary N) is 4. The zero-order chi connectivity index (χ0) is 30.4. The van der Waals surface area contributed by atoms with Crippen LogP contribution >= 0.6 is 12.6 Å². The average molecular weight is 592 g/mol. The van der Waals surface area contributed by atoms with E-state index in [4.69, 9.17) is 22.9 Å². The van der Waals surface area contributed by atoms with Crippen LogP contribution in [0.2, 0.25) is 0 Å². The summed E-state index contributed by atoms with van der Waals surface area (Å²) in [5.41, 5.74) is 23.7. The number of fused-ring (bicyclic) bond motifs is 1. The van der Waals surface area contributed by atoms with E-state index >= 15 is 0 Å². The molecule has 2 rings (SSSR count). The monoisotopic (exact) mass is 591 g/mol. The van der Waals surface area contributed by atoms with Crippen molar-refractivity contribution in [3.63, 3.8) is 0 Å². The summed E-state index contributed by atoms with van der Waals surface area (Å²) in [6.45, 7) is 0.691. The number of hydrogen-bond donors (Lipinski definition) is 10. The number of guanidine groups is 1. The molecular formula is C26H41N9O5S. The molecule has 0 saturated carbocycles. The number of H-pyrrole nitrogens is 1. The Labute approximate surface area is 243 Å². The second-order valence-electron chi connectivity index (χ2n) is 9.61. The number of aromatic amines is 1. The fourth-order valence-electron chi connectivity index (χ4n) is 4.15. The van der Waals surface area contributed by atoms with Crippen LogP contribution in [0.4, 0.5) is 0 Å². The Morgan fingerprint density at radius 1 is 0.927 bits per heavy atom. The molecule has 0 aliphatic rings. The van der Waals surface area contributed by atoms with Crippen molar-refractivity contribution in [3.8, 4) is 0 Å². The number of nitrogens with one attached hydrogen (secondary N) is 4. The number of aliphatic imine (C=N–C) groups is 1. The van der Waals surface area contributed by atoms with Gasteiger partial charge in [0.05, 0.1) is 6.04 Å². The molecule has 1 aromatic heterocycles. The van der Waals surface area contributed by atoms with Gasteiger partial charge in [-0.25, -0.2) is 4.79 Å². The van der Waals surface area contributed by atoms with Crippen LogP contribution in [0.15, 0.2) is 35.5 Å². The number of carboxylic acid groups (broad SMARTS) is 1. The maximum absolute atomic E-state index is 13.2. The van der Waals surface area contributed by atoms with Gasteiger partial charge in [0.2, 0.25) is 17.7 Å². The molecule has 4 unspecified atom stereocenters. The van der Waals surface area contributed by atoms with Crippen LogP contribution in [0.25, 0.3) is 10.9 Å². The Hall–Kier alpha value is -3.82. The first-order valence-corrected chi connectivity index (χ1v) is 14.0. The molecule has 4 atom stereocenters. The molecule has 14 nitrogen and oxygen atoms in total. The number of aliphatic carboxylic acids is 1. The van der Waals surface area contributed by atoms with Gasteiger partial charge in [-0.1, -0.05) is 24.6 Å². The van der Waals surface area contributed by atoms with Gasteiger partial charge < -0.3 is 49.0 Å². The summed E-state index contributed by atoms with van der Waals surface area (Å²) < 4.78 is 0. The van der Waals surface area contributed by atoms with E-state index in [1.54, 1.807) is 6.20 Å². The minimum absolute atomic E-state index is 0.0177. The predicted octanol–water partition coefficient (Wildman–Crippen LogP) is -1.31. The maximum atomic E-state index is 13.2. The molecule has 0 fully saturated rings. The third kappa shape index (κ3) is 10.9. The van der Waals surface area contributed by atoms with E-state index in [1.165, 1.54) is 0 Å². The topological polar surface area (TPSA) is 257 Å². The lowest BCUT2D eigenvalue weighted by molar-refractivity contribution is -0.142. The number of unbranched alkanes of at least 4 members (excludes halogenated alkanes) is 1. The van der Waals surface area contributed by atoms with Gasteiger partial charge in [0, 0.05) is 35.8 Å². The van der Waals surface area contributed by atoms with Crippen molar-refractivity contribution < 1.29 is 24.3 Å². The van der Waals surface area contributed by atoms with Crippen LogP contribution < -0.4 is 38.9 Å². The summed E-state index contributed by atoms with van der Waals surface area (Å²) >= 11 is 4.18. The standard InChI is InChI=1S/C26H41N9O5S/c27-10-4-3-7-17(28)22(36)33-19(9-5-11-31-26(29)30)23(37)35-21(14-41)24(38)34-20(25(39)40)12-15-13-32-18-8-2-1-6-16(15)18/h1-2,6,8,13,17,19-21,32,41H,3-5,7,9-12,14,27-28H2,(H,33,36)(H,34,38)(H,35,37)(H,39,40)(H4,29,30,31). The molecule has 13 N–H and O–H groups in total. The maximum Gasteiger partial charge on any atom is 0.326 e. The number of carbonyl (C=O) groups is 4. The first-order valence-electron chi connectivity index (χ1n) is 13.4. The largest absolute Gasteiger partial charge is 0.480 e. The zero-order valence-corrected chi connectivity index (χ0v) is 23.7. The van der Waals surface area contributed by atoms with Crippen LogP contribution in [-0.4, -0.2) is 82.8 Å². The number of hydrogen-bond acceptors (Lipinski definition) is 8. The van der Waals surface area contributed by atoms with E-state index in [0.717, 1.165) is 10.9 Å². The molecule has 0 bridgehead atoms. The number of thiol groups is 1. The highest BCUT2D eigenvalue weighted by Crippen LogP contribution is 2.19. The molecule has 0 saturated heterocycles.